The van der Waals surface area contributed by atoms with Gasteiger partial charge < -0.3 is 5.32 Å². The van der Waals surface area contributed by atoms with Gasteiger partial charge in [0.15, 0.2) is 0 Å². The molecule has 13 heavy (non-hydrogen) atoms. The molecule has 0 spiro atoms. The van der Waals surface area contributed by atoms with Gasteiger partial charge in [-0.25, -0.2) is 0 Å². The van der Waals surface area contributed by atoms with Crippen LogP contribution in [0.5, 0.6) is 0 Å². The lowest BCUT2D eigenvalue weighted by molar-refractivity contribution is -0.119. The molecule has 1 aromatic heterocycles. The average molecular weight is 178 g/mol. The van der Waals surface area contributed by atoms with Crippen molar-refractivity contribution in [3.05, 3.63) is 30.1 Å². The summed E-state index contributed by atoms with van der Waals surface area (Å²) in [7, 11) is 0. The minimum absolute atomic E-state index is 0.00339. The van der Waals surface area contributed by atoms with Gasteiger partial charge in [-0.2, -0.15) is 0 Å². The monoisotopic (exact) mass is 178 g/mol. The van der Waals surface area contributed by atoms with Gasteiger partial charge in [0, 0.05) is 19.3 Å². The predicted molar refractivity (Wildman–Crippen MR) is 51.1 cm³/mol. The third kappa shape index (κ3) is 2.86. The van der Waals surface area contributed by atoms with Gasteiger partial charge in [-0.05, 0) is 24.1 Å². The third-order valence-electron chi connectivity index (χ3n) is 1.89. The highest BCUT2D eigenvalue weighted by atomic mass is 16.1. The van der Waals surface area contributed by atoms with E-state index >= 15 is 0 Å². The first-order chi connectivity index (χ1) is 6.24. The number of rotatable bonds is 3. The van der Waals surface area contributed by atoms with E-state index in [0.717, 1.165) is 12.0 Å². The summed E-state index contributed by atoms with van der Waals surface area (Å²) in [6.45, 7) is 3.57. The van der Waals surface area contributed by atoms with Crippen LogP contribution in [0.15, 0.2) is 24.5 Å². The number of carbonyl (C=O) groups excluding carboxylic acids is 1. The van der Waals surface area contributed by atoms with Gasteiger partial charge in [0.25, 0.3) is 0 Å². The number of aromatic nitrogens is 1. The van der Waals surface area contributed by atoms with Crippen LogP contribution in [0.25, 0.3) is 0 Å². The standard InChI is InChI=1S/C10H14N2O/c1-3-10(12-8(2)13)9-4-6-11-7-5-9/h4-7,10H,3H2,1-2H3,(H,12,13)/t10-/m0/s1. The van der Waals surface area contributed by atoms with Crippen molar-refractivity contribution in [2.24, 2.45) is 0 Å². The van der Waals surface area contributed by atoms with Crippen LogP contribution in [0.2, 0.25) is 0 Å². The van der Waals surface area contributed by atoms with E-state index in [4.69, 9.17) is 0 Å². The number of pyridine rings is 1. The second-order valence-electron chi connectivity index (χ2n) is 2.94. The zero-order chi connectivity index (χ0) is 9.68. The number of hydrogen-bond acceptors (Lipinski definition) is 2. The van der Waals surface area contributed by atoms with Crippen LogP contribution >= 0.6 is 0 Å². The van der Waals surface area contributed by atoms with Crippen LogP contribution in [0.4, 0.5) is 0 Å². The number of hydrogen-bond donors (Lipinski definition) is 1. The van der Waals surface area contributed by atoms with E-state index in [1.165, 1.54) is 6.92 Å². The van der Waals surface area contributed by atoms with Crippen LogP contribution < -0.4 is 5.32 Å². The van der Waals surface area contributed by atoms with Crippen molar-refractivity contribution >= 4 is 5.91 Å². The minimum Gasteiger partial charge on any atom is -0.350 e. The molecule has 3 heteroatoms. The molecule has 0 saturated carbocycles. The summed E-state index contributed by atoms with van der Waals surface area (Å²) >= 11 is 0. The molecule has 1 atom stereocenters. The van der Waals surface area contributed by atoms with Gasteiger partial charge in [0.1, 0.15) is 0 Å². The zero-order valence-electron chi connectivity index (χ0n) is 7.95. The van der Waals surface area contributed by atoms with Gasteiger partial charge in [0.05, 0.1) is 6.04 Å². The molecular weight excluding hydrogens is 164 g/mol. The Morgan fingerprint density at radius 3 is 2.62 bits per heavy atom. The van der Waals surface area contributed by atoms with Crippen LogP contribution in [0.3, 0.4) is 0 Å². The van der Waals surface area contributed by atoms with Gasteiger partial charge >= 0.3 is 0 Å². The van der Waals surface area contributed by atoms with E-state index in [2.05, 4.69) is 10.3 Å². The van der Waals surface area contributed by atoms with Crippen LogP contribution in [0, 0.1) is 0 Å². The summed E-state index contributed by atoms with van der Waals surface area (Å²) in [5.74, 6) is 0.00339. The lowest BCUT2D eigenvalue weighted by atomic mass is 10.1. The minimum atomic E-state index is 0.00339. The Labute approximate surface area is 78.2 Å². The Balaban J connectivity index is 2.73. The smallest absolute Gasteiger partial charge is 0.217 e. The van der Waals surface area contributed by atoms with Crippen LogP contribution in [-0.2, 0) is 4.79 Å². The molecule has 1 N–H and O–H groups in total. The van der Waals surface area contributed by atoms with Crippen LogP contribution in [-0.4, -0.2) is 10.9 Å². The highest BCUT2D eigenvalue weighted by Gasteiger charge is 2.08. The SMILES string of the molecule is CC[C@H](NC(C)=O)c1ccncc1. The molecule has 1 amide bonds. The Bertz CT molecular complexity index is 272. The molecule has 0 unspecified atom stereocenters. The normalized spacial score (nSPS) is 12.2. The fourth-order valence-corrected chi connectivity index (χ4v) is 1.26. The maximum Gasteiger partial charge on any atom is 0.217 e. The van der Waals surface area contributed by atoms with E-state index in [0.29, 0.717) is 0 Å². The van der Waals surface area contributed by atoms with Crippen molar-refractivity contribution < 1.29 is 4.79 Å². The van der Waals surface area contributed by atoms with E-state index < -0.39 is 0 Å². The topological polar surface area (TPSA) is 42.0 Å². The quantitative estimate of drug-likeness (QED) is 0.765. The molecule has 0 fully saturated rings. The number of carbonyl (C=O) groups is 1. The van der Waals surface area contributed by atoms with Crippen molar-refractivity contribution in [2.75, 3.05) is 0 Å². The first kappa shape index (κ1) is 9.71. The van der Waals surface area contributed by atoms with Gasteiger partial charge in [-0.3, -0.25) is 9.78 Å². The Morgan fingerprint density at radius 1 is 1.54 bits per heavy atom. The Hall–Kier alpha value is -1.38. The second-order valence-corrected chi connectivity index (χ2v) is 2.94. The summed E-state index contributed by atoms with van der Waals surface area (Å²) in [5.41, 5.74) is 1.10. The Kier molecular flexibility index (Phi) is 3.43. The molecule has 3 nitrogen and oxygen atoms in total. The first-order valence-electron chi connectivity index (χ1n) is 4.41. The summed E-state index contributed by atoms with van der Waals surface area (Å²) in [6, 6.07) is 3.95. The lowest BCUT2D eigenvalue weighted by Crippen LogP contribution is -2.25. The second kappa shape index (κ2) is 4.60. The third-order valence-corrected chi connectivity index (χ3v) is 1.89. The first-order valence-corrected chi connectivity index (χ1v) is 4.41. The molecule has 1 aromatic rings. The molecule has 0 aliphatic rings. The summed E-state index contributed by atoms with van der Waals surface area (Å²) in [6.07, 6.45) is 4.36. The fraction of sp³-hybridized carbons (Fsp3) is 0.400. The number of amides is 1. The molecule has 0 radical (unpaired) electrons. The molecule has 0 aliphatic heterocycles. The van der Waals surface area contributed by atoms with Crippen molar-refractivity contribution in [1.82, 2.24) is 10.3 Å². The molecule has 1 rings (SSSR count). The number of nitrogens with zero attached hydrogens (tertiary/aromatic N) is 1. The molecule has 0 bridgehead atoms. The number of nitrogens with one attached hydrogen (secondary N) is 1. The maximum atomic E-state index is 10.9. The molecule has 0 aliphatic carbocycles. The molecule has 70 valence electrons. The zero-order valence-corrected chi connectivity index (χ0v) is 7.95. The van der Waals surface area contributed by atoms with E-state index in [9.17, 15) is 4.79 Å². The fourth-order valence-electron chi connectivity index (χ4n) is 1.26. The molecule has 0 saturated heterocycles. The van der Waals surface area contributed by atoms with Gasteiger partial charge in [0.2, 0.25) is 5.91 Å². The van der Waals surface area contributed by atoms with Crippen molar-refractivity contribution in [3.63, 3.8) is 0 Å². The van der Waals surface area contributed by atoms with Crippen molar-refractivity contribution in [1.29, 1.82) is 0 Å². The summed E-state index contributed by atoms with van der Waals surface area (Å²) in [4.78, 5) is 14.8. The van der Waals surface area contributed by atoms with Crippen molar-refractivity contribution in [2.45, 2.75) is 26.3 Å². The Morgan fingerprint density at radius 2 is 2.15 bits per heavy atom. The molecule has 1 heterocycles. The maximum absolute atomic E-state index is 10.9. The summed E-state index contributed by atoms with van der Waals surface area (Å²) < 4.78 is 0. The van der Waals surface area contributed by atoms with Crippen molar-refractivity contribution in [3.8, 4) is 0 Å². The van der Waals surface area contributed by atoms with E-state index in [-0.39, 0.29) is 11.9 Å². The van der Waals surface area contributed by atoms with Gasteiger partial charge in [-0.15, -0.1) is 0 Å². The lowest BCUT2D eigenvalue weighted by Gasteiger charge is -2.15. The summed E-state index contributed by atoms with van der Waals surface area (Å²) in [5, 5.41) is 2.88. The molecular formula is C10H14N2O. The average Bonchev–Trinajstić information content (AvgIpc) is 2.15. The van der Waals surface area contributed by atoms with E-state index in [1.54, 1.807) is 12.4 Å². The predicted octanol–water partition coefficient (Wildman–Crippen LogP) is 1.67. The highest BCUT2D eigenvalue weighted by Crippen LogP contribution is 2.14. The highest BCUT2D eigenvalue weighted by molar-refractivity contribution is 5.73. The van der Waals surface area contributed by atoms with Gasteiger partial charge in [-0.1, -0.05) is 6.92 Å². The molecule has 0 aromatic carbocycles. The van der Waals surface area contributed by atoms with E-state index in [1.807, 2.05) is 19.1 Å². The van der Waals surface area contributed by atoms with Crippen LogP contribution in [0.1, 0.15) is 31.9 Å². The largest absolute Gasteiger partial charge is 0.350 e.